The summed E-state index contributed by atoms with van der Waals surface area (Å²) in [6, 6.07) is 7.76. The number of amides is 1. The standard InChI is InChI=1S/C15H15F2N3O/c1-20(2)15(21)9-3-4-13(18)14(5-9)19-12-7-10(16)6-11(17)8-12/h3-8,19H,18H2,1-2H3. The van der Waals surface area contributed by atoms with Gasteiger partial charge in [-0.3, -0.25) is 4.79 Å². The lowest BCUT2D eigenvalue weighted by atomic mass is 10.1. The van der Waals surface area contributed by atoms with Gasteiger partial charge in [-0.15, -0.1) is 0 Å². The van der Waals surface area contributed by atoms with Crippen molar-refractivity contribution in [2.45, 2.75) is 0 Å². The van der Waals surface area contributed by atoms with Crippen molar-refractivity contribution in [3.05, 3.63) is 53.6 Å². The topological polar surface area (TPSA) is 58.4 Å². The molecule has 2 rings (SSSR count). The van der Waals surface area contributed by atoms with Gasteiger partial charge in [0.1, 0.15) is 11.6 Å². The lowest BCUT2D eigenvalue weighted by Gasteiger charge is -2.14. The maximum atomic E-state index is 13.2. The molecule has 4 nitrogen and oxygen atoms in total. The van der Waals surface area contributed by atoms with Crippen LogP contribution in [-0.4, -0.2) is 24.9 Å². The van der Waals surface area contributed by atoms with E-state index < -0.39 is 11.6 Å². The predicted octanol–water partition coefficient (Wildman–Crippen LogP) is 2.99. The van der Waals surface area contributed by atoms with E-state index in [1.54, 1.807) is 32.3 Å². The van der Waals surface area contributed by atoms with Gasteiger partial charge >= 0.3 is 0 Å². The summed E-state index contributed by atoms with van der Waals surface area (Å²) in [5.41, 5.74) is 7.24. The minimum atomic E-state index is -0.698. The number of nitrogens with zero attached hydrogens (tertiary/aromatic N) is 1. The van der Waals surface area contributed by atoms with Gasteiger partial charge in [0.2, 0.25) is 0 Å². The van der Waals surface area contributed by atoms with Gasteiger partial charge in [0.15, 0.2) is 0 Å². The molecule has 3 N–H and O–H groups in total. The number of anilines is 3. The molecule has 21 heavy (non-hydrogen) atoms. The monoisotopic (exact) mass is 291 g/mol. The van der Waals surface area contributed by atoms with Crippen molar-refractivity contribution in [3.8, 4) is 0 Å². The molecule has 0 saturated carbocycles. The molecule has 1 amide bonds. The Morgan fingerprint density at radius 2 is 1.71 bits per heavy atom. The average Bonchev–Trinajstić information content (AvgIpc) is 2.39. The fourth-order valence-electron chi connectivity index (χ4n) is 1.84. The van der Waals surface area contributed by atoms with Gasteiger partial charge < -0.3 is 16.0 Å². The quantitative estimate of drug-likeness (QED) is 0.855. The summed E-state index contributed by atoms with van der Waals surface area (Å²) in [6.07, 6.45) is 0. The van der Waals surface area contributed by atoms with Crippen molar-refractivity contribution in [2.75, 3.05) is 25.1 Å². The molecule has 0 spiro atoms. The lowest BCUT2D eigenvalue weighted by molar-refractivity contribution is 0.0827. The van der Waals surface area contributed by atoms with Crippen molar-refractivity contribution >= 4 is 23.0 Å². The number of hydrogen-bond acceptors (Lipinski definition) is 3. The Morgan fingerprint density at radius 1 is 1.10 bits per heavy atom. The van der Waals surface area contributed by atoms with Crippen LogP contribution in [0.4, 0.5) is 25.8 Å². The maximum Gasteiger partial charge on any atom is 0.253 e. The second kappa shape index (κ2) is 5.78. The molecule has 0 bridgehead atoms. The van der Waals surface area contributed by atoms with Crippen LogP contribution in [0.25, 0.3) is 0 Å². The van der Waals surface area contributed by atoms with Crippen molar-refractivity contribution in [1.82, 2.24) is 4.90 Å². The molecule has 0 atom stereocenters. The smallest absolute Gasteiger partial charge is 0.253 e. The molecular weight excluding hydrogens is 276 g/mol. The van der Waals surface area contributed by atoms with E-state index in [1.165, 1.54) is 4.90 Å². The zero-order valence-electron chi connectivity index (χ0n) is 11.7. The Balaban J connectivity index is 2.35. The molecule has 2 aromatic carbocycles. The molecule has 0 aromatic heterocycles. The van der Waals surface area contributed by atoms with Gasteiger partial charge in [0.25, 0.3) is 5.91 Å². The van der Waals surface area contributed by atoms with Crippen LogP contribution >= 0.6 is 0 Å². The first kappa shape index (κ1) is 14.8. The zero-order valence-corrected chi connectivity index (χ0v) is 11.7. The first-order valence-electron chi connectivity index (χ1n) is 6.21. The third kappa shape index (κ3) is 3.47. The minimum Gasteiger partial charge on any atom is -0.397 e. The zero-order chi connectivity index (χ0) is 15.6. The summed E-state index contributed by atoms with van der Waals surface area (Å²) >= 11 is 0. The fraction of sp³-hybridized carbons (Fsp3) is 0.133. The number of carbonyl (C=O) groups excluding carboxylic acids is 1. The Morgan fingerprint density at radius 3 is 2.29 bits per heavy atom. The highest BCUT2D eigenvalue weighted by Gasteiger charge is 2.11. The first-order valence-corrected chi connectivity index (χ1v) is 6.21. The van der Waals surface area contributed by atoms with E-state index in [2.05, 4.69) is 5.32 Å². The molecule has 0 aliphatic rings. The van der Waals surface area contributed by atoms with Crippen molar-refractivity contribution < 1.29 is 13.6 Å². The molecule has 0 saturated heterocycles. The van der Waals surface area contributed by atoms with E-state index in [0.29, 0.717) is 16.9 Å². The highest BCUT2D eigenvalue weighted by atomic mass is 19.1. The molecule has 0 unspecified atom stereocenters. The van der Waals surface area contributed by atoms with Crippen molar-refractivity contribution in [3.63, 3.8) is 0 Å². The summed E-state index contributed by atoms with van der Waals surface area (Å²) < 4.78 is 26.3. The molecule has 0 heterocycles. The van der Waals surface area contributed by atoms with Crippen LogP contribution in [0, 0.1) is 11.6 Å². The highest BCUT2D eigenvalue weighted by molar-refractivity contribution is 5.96. The van der Waals surface area contributed by atoms with Crippen LogP contribution in [0.1, 0.15) is 10.4 Å². The van der Waals surface area contributed by atoms with Gasteiger partial charge in [-0.1, -0.05) is 0 Å². The van der Waals surface area contributed by atoms with Crippen LogP contribution < -0.4 is 11.1 Å². The summed E-state index contributed by atoms with van der Waals surface area (Å²) in [4.78, 5) is 13.3. The number of benzene rings is 2. The number of rotatable bonds is 3. The summed E-state index contributed by atoms with van der Waals surface area (Å²) in [7, 11) is 3.27. The number of hydrogen-bond donors (Lipinski definition) is 2. The molecular formula is C15H15F2N3O. The van der Waals surface area contributed by atoms with Crippen molar-refractivity contribution in [1.29, 1.82) is 0 Å². The largest absolute Gasteiger partial charge is 0.397 e. The van der Waals surface area contributed by atoms with E-state index in [-0.39, 0.29) is 11.6 Å². The van der Waals surface area contributed by atoms with Crippen LogP contribution in [0.5, 0.6) is 0 Å². The molecule has 0 fully saturated rings. The molecule has 110 valence electrons. The number of nitrogens with one attached hydrogen (secondary N) is 1. The summed E-state index contributed by atoms with van der Waals surface area (Å²) in [6.45, 7) is 0. The van der Waals surface area contributed by atoms with Gasteiger partial charge in [0, 0.05) is 31.4 Å². The third-order valence-corrected chi connectivity index (χ3v) is 2.85. The van der Waals surface area contributed by atoms with Crippen molar-refractivity contribution in [2.24, 2.45) is 0 Å². The molecule has 0 aliphatic heterocycles. The van der Waals surface area contributed by atoms with E-state index in [4.69, 9.17) is 5.73 Å². The third-order valence-electron chi connectivity index (χ3n) is 2.85. The minimum absolute atomic E-state index is 0.191. The van der Waals surface area contributed by atoms with Crippen LogP contribution in [0.2, 0.25) is 0 Å². The van der Waals surface area contributed by atoms with Crippen LogP contribution in [0.15, 0.2) is 36.4 Å². The Bertz CT molecular complexity index is 666. The predicted molar refractivity (Wildman–Crippen MR) is 78.5 cm³/mol. The second-order valence-electron chi connectivity index (χ2n) is 4.78. The van der Waals surface area contributed by atoms with Gasteiger partial charge in [-0.05, 0) is 30.3 Å². The van der Waals surface area contributed by atoms with E-state index >= 15 is 0 Å². The lowest BCUT2D eigenvalue weighted by Crippen LogP contribution is -2.21. The average molecular weight is 291 g/mol. The molecule has 2 aromatic rings. The van der Waals surface area contributed by atoms with E-state index in [0.717, 1.165) is 18.2 Å². The second-order valence-corrected chi connectivity index (χ2v) is 4.78. The highest BCUT2D eigenvalue weighted by Crippen LogP contribution is 2.25. The summed E-state index contributed by atoms with van der Waals surface area (Å²) in [5.74, 6) is -1.59. The molecule has 6 heteroatoms. The van der Waals surface area contributed by atoms with E-state index in [9.17, 15) is 13.6 Å². The summed E-state index contributed by atoms with van der Waals surface area (Å²) in [5, 5.41) is 2.81. The Kier molecular flexibility index (Phi) is 4.07. The number of carbonyl (C=O) groups is 1. The number of halogens is 2. The van der Waals surface area contributed by atoms with E-state index in [1.807, 2.05) is 0 Å². The van der Waals surface area contributed by atoms with Gasteiger partial charge in [-0.2, -0.15) is 0 Å². The van der Waals surface area contributed by atoms with Crippen LogP contribution in [0.3, 0.4) is 0 Å². The van der Waals surface area contributed by atoms with Crippen LogP contribution in [-0.2, 0) is 0 Å². The Hall–Kier alpha value is -2.63. The van der Waals surface area contributed by atoms with Gasteiger partial charge in [-0.25, -0.2) is 8.78 Å². The number of nitrogen functional groups attached to an aromatic ring is 1. The fourth-order valence-corrected chi connectivity index (χ4v) is 1.84. The normalized spacial score (nSPS) is 10.3. The Labute approximate surface area is 121 Å². The molecule has 0 radical (unpaired) electrons. The number of nitrogens with two attached hydrogens (primary N) is 1. The van der Waals surface area contributed by atoms with Gasteiger partial charge in [0.05, 0.1) is 11.4 Å². The first-order chi connectivity index (χ1) is 9.86. The molecule has 0 aliphatic carbocycles. The maximum absolute atomic E-state index is 13.2. The SMILES string of the molecule is CN(C)C(=O)c1ccc(N)c(Nc2cc(F)cc(F)c2)c1.